The molecule has 0 amide bonds. The molecule has 2 atom stereocenters. The van der Waals surface area contributed by atoms with Crippen LogP contribution in [0.3, 0.4) is 0 Å². The second kappa shape index (κ2) is 13.5. The van der Waals surface area contributed by atoms with Crippen molar-refractivity contribution in [3.8, 4) is 0 Å². The van der Waals surface area contributed by atoms with Crippen molar-refractivity contribution in [2.24, 2.45) is 11.8 Å². The number of carbonyl (C=O) groups is 1. The van der Waals surface area contributed by atoms with Crippen LogP contribution >= 0.6 is 0 Å². The number of aryl methyl sites for hydroxylation is 1. The van der Waals surface area contributed by atoms with E-state index in [0.29, 0.717) is 30.3 Å². The summed E-state index contributed by atoms with van der Waals surface area (Å²) in [4.78, 5) is 11.9. The Morgan fingerprint density at radius 1 is 0.906 bits per heavy atom. The number of hydrogen-bond acceptors (Lipinski definition) is 3. The second-order valence-corrected chi connectivity index (χ2v) is 26.0. The summed E-state index contributed by atoms with van der Waals surface area (Å²) in [6, 6.07) is 7.18. The Morgan fingerprint density at radius 2 is 1.41 bits per heavy atom. The number of sulfonamides is 1. The van der Waals surface area contributed by atoms with Gasteiger partial charge in [-0.2, -0.15) is 0 Å². The normalized spacial score (nSPS) is 20.0. The van der Waals surface area contributed by atoms with Gasteiger partial charge < -0.3 is 0 Å². The third-order valence-electron chi connectivity index (χ3n) is 7.48. The van der Waals surface area contributed by atoms with Crippen molar-refractivity contribution < 1.29 is 13.2 Å². The molecule has 0 unspecified atom stereocenters. The number of nitrogens with zero attached hydrogens (tertiary/aromatic N) is 1. The first-order chi connectivity index (χ1) is 15.3. The van der Waals surface area contributed by atoms with Crippen molar-refractivity contribution in [3.05, 3.63) is 29.8 Å². The van der Waals surface area contributed by atoms with Gasteiger partial charge in [0.15, 0.2) is 0 Å². The molecule has 32 heavy (non-hydrogen) atoms. The molecule has 1 aromatic rings. The van der Waals surface area contributed by atoms with E-state index in [9.17, 15) is 13.2 Å². The van der Waals surface area contributed by atoms with Gasteiger partial charge in [-0.25, -0.2) is 0 Å². The summed E-state index contributed by atoms with van der Waals surface area (Å²) in [5, 5.41) is 0. The van der Waals surface area contributed by atoms with Crippen LogP contribution in [0.1, 0.15) is 71.3 Å². The maximum absolute atomic E-state index is 13.4. The van der Waals surface area contributed by atoms with E-state index >= 15 is 0 Å². The molecule has 1 fully saturated rings. The number of hydrogen-bond donors (Lipinski definition) is 0. The van der Waals surface area contributed by atoms with E-state index in [1.54, 1.807) is 16.4 Å². The second-order valence-electron chi connectivity index (χ2n) is 10.1. The molecule has 0 saturated carbocycles. The third kappa shape index (κ3) is 7.56. The summed E-state index contributed by atoms with van der Waals surface area (Å²) < 4.78 is 34.0. The minimum atomic E-state index is -3.51. The maximum atomic E-state index is 13.4. The van der Waals surface area contributed by atoms with Crippen molar-refractivity contribution in [1.29, 1.82) is 0 Å². The molecule has 1 aromatic carbocycles. The van der Waals surface area contributed by atoms with Crippen molar-refractivity contribution in [2.45, 2.75) is 95.3 Å². The van der Waals surface area contributed by atoms with Crippen LogP contribution in [-0.2, 0) is 14.8 Å². The van der Waals surface area contributed by atoms with Crippen LogP contribution in [0.25, 0.3) is 0 Å². The Hall–Kier alpha value is -0.401. The van der Waals surface area contributed by atoms with Gasteiger partial charge in [0, 0.05) is 0 Å². The van der Waals surface area contributed by atoms with Crippen LogP contribution in [0.5, 0.6) is 0 Å². The average Bonchev–Trinajstić information content (AvgIpc) is 3.18. The van der Waals surface area contributed by atoms with Crippen LogP contribution in [0, 0.1) is 18.8 Å². The molecule has 182 valence electrons. The first-order valence-corrected chi connectivity index (χ1v) is 22.3. The summed E-state index contributed by atoms with van der Waals surface area (Å²) in [7, 11) is -3.51. The predicted octanol–water partition coefficient (Wildman–Crippen LogP) is 6.67. The standard InChI is InChI=1S/C14H18NO3S.3C4H9.Sn/c1-11-3-5-14(6-4-11)19(17,18)15-9-12(2)13(10-15)7-8-16;3*1-3-4-2;/h3-6,8,12-13H,2,7,9-10H2,1H3;3*1,3-4H2,2H3;/t12-,13-;;;;/m0..../s1. The van der Waals surface area contributed by atoms with Gasteiger partial charge >= 0.3 is 202 Å². The minimum absolute atomic E-state index is 0.175. The van der Waals surface area contributed by atoms with Crippen molar-refractivity contribution in [2.75, 3.05) is 13.1 Å². The van der Waals surface area contributed by atoms with E-state index in [4.69, 9.17) is 0 Å². The van der Waals surface area contributed by atoms with Crippen molar-refractivity contribution >= 4 is 34.7 Å². The molecule has 0 radical (unpaired) electrons. The average molecular weight is 570 g/mol. The van der Waals surface area contributed by atoms with Crippen LogP contribution in [-0.4, -0.2) is 50.5 Å². The van der Waals surface area contributed by atoms with Gasteiger partial charge in [-0.3, -0.25) is 0 Å². The Kier molecular flexibility index (Phi) is 11.7. The van der Waals surface area contributed by atoms with Crippen LogP contribution in [0.15, 0.2) is 29.2 Å². The summed E-state index contributed by atoms with van der Waals surface area (Å²) in [6.45, 7) is 9.93. The topological polar surface area (TPSA) is 54.5 Å². The molecule has 1 aliphatic heterocycles. The van der Waals surface area contributed by atoms with E-state index in [1.165, 1.54) is 56.3 Å². The number of benzene rings is 1. The van der Waals surface area contributed by atoms with Gasteiger partial charge in [0.05, 0.1) is 0 Å². The molecule has 1 aliphatic rings. The molecule has 0 aromatic heterocycles. The zero-order valence-corrected chi connectivity index (χ0v) is 24.5. The van der Waals surface area contributed by atoms with E-state index in [0.717, 1.165) is 11.8 Å². The zero-order valence-electron chi connectivity index (χ0n) is 20.8. The summed E-state index contributed by atoms with van der Waals surface area (Å²) in [6.07, 6.45) is 9.19. The number of aldehydes is 1. The van der Waals surface area contributed by atoms with Crippen LogP contribution in [0.2, 0.25) is 17.7 Å². The zero-order chi connectivity index (χ0) is 23.6. The van der Waals surface area contributed by atoms with E-state index < -0.39 is 28.4 Å². The van der Waals surface area contributed by atoms with E-state index in [1.807, 2.05) is 19.1 Å². The van der Waals surface area contributed by atoms with Crippen LogP contribution in [0.4, 0.5) is 0 Å². The first-order valence-electron chi connectivity index (χ1n) is 12.8. The fourth-order valence-corrected chi connectivity index (χ4v) is 24.9. The van der Waals surface area contributed by atoms with Gasteiger partial charge in [-0.05, 0) is 0 Å². The van der Waals surface area contributed by atoms with Crippen LogP contribution < -0.4 is 0 Å². The SMILES string of the molecule is CCC[CH2][Sn]([CH2]CCC)([CH2]CCC)[CH2][C@H]1CN(S(=O)(=O)c2ccc(C)cc2)C[C@@H]1CC=O. The number of rotatable bonds is 15. The quantitative estimate of drug-likeness (QED) is 0.175. The molecule has 0 N–H and O–H groups in total. The Labute approximate surface area is 201 Å². The fraction of sp³-hybridized carbons (Fsp3) is 0.731. The number of unbranched alkanes of at least 4 members (excludes halogenated alkanes) is 3. The van der Waals surface area contributed by atoms with Gasteiger partial charge in [0.25, 0.3) is 0 Å². The van der Waals surface area contributed by atoms with Gasteiger partial charge in [0.1, 0.15) is 0 Å². The fourth-order valence-electron chi connectivity index (χ4n) is 5.47. The third-order valence-corrected chi connectivity index (χ3v) is 25.4. The van der Waals surface area contributed by atoms with E-state index in [-0.39, 0.29) is 5.92 Å². The van der Waals surface area contributed by atoms with Gasteiger partial charge in [-0.1, -0.05) is 0 Å². The molecule has 0 spiro atoms. The monoisotopic (exact) mass is 571 g/mol. The predicted molar refractivity (Wildman–Crippen MR) is 137 cm³/mol. The summed E-state index contributed by atoms with van der Waals surface area (Å²) in [5.41, 5.74) is 1.06. The molecule has 2 rings (SSSR count). The molecule has 6 heteroatoms. The Balaban J connectivity index is 2.28. The first kappa shape index (κ1) is 27.8. The molecular formula is C26H45NO3SSn. The molecule has 1 saturated heterocycles. The molecule has 0 aliphatic carbocycles. The summed E-state index contributed by atoms with van der Waals surface area (Å²) in [5.74, 6) is 0.524. The Morgan fingerprint density at radius 3 is 1.88 bits per heavy atom. The van der Waals surface area contributed by atoms with Crippen molar-refractivity contribution in [3.63, 3.8) is 0 Å². The molecule has 0 bridgehead atoms. The van der Waals surface area contributed by atoms with Crippen molar-refractivity contribution in [1.82, 2.24) is 4.31 Å². The molecular weight excluding hydrogens is 525 g/mol. The van der Waals surface area contributed by atoms with E-state index in [2.05, 4.69) is 20.8 Å². The Bertz CT molecular complexity index is 772. The molecule has 1 heterocycles. The molecule has 4 nitrogen and oxygen atoms in total. The number of carbonyl (C=O) groups excluding carboxylic acids is 1. The summed E-state index contributed by atoms with van der Waals surface area (Å²) >= 11 is -2.42. The van der Waals surface area contributed by atoms with Gasteiger partial charge in [-0.15, -0.1) is 0 Å². The van der Waals surface area contributed by atoms with Gasteiger partial charge in [0.2, 0.25) is 0 Å².